The van der Waals surface area contributed by atoms with Crippen molar-refractivity contribution in [3.05, 3.63) is 52.6 Å². The highest BCUT2D eigenvalue weighted by atomic mass is 16.5. The largest absolute Gasteiger partial charge is 0.383 e. The molecule has 7 heteroatoms. The van der Waals surface area contributed by atoms with Gasteiger partial charge in [-0.15, -0.1) is 0 Å². The molecule has 0 saturated carbocycles. The summed E-state index contributed by atoms with van der Waals surface area (Å²) < 4.78 is 5.25. The van der Waals surface area contributed by atoms with Crippen molar-refractivity contribution >= 4 is 11.6 Å². The van der Waals surface area contributed by atoms with Gasteiger partial charge in [0.1, 0.15) is 17.7 Å². The van der Waals surface area contributed by atoms with Gasteiger partial charge in [-0.05, 0) is 24.1 Å². The van der Waals surface area contributed by atoms with Crippen LogP contribution >= 0.6 is 0 Å². The Morgan fingerprint density at radius 1 is 1.06 bits per heavy atom. The van der Waals surface area contributed by atoms with Crippen molar-refractivity contribution in [3.8, 4) is 6.07 Å². The number of anilines is 2. The first kappa shape index (κ1) is 22.5. The molecular formula is C25H34N6O. The number of benzene rings is 1. The van der Waals surface area contributed by atoms with Crippen LogP contribution in [0.2, 0.25) is 0 Å². The standard InChI is InChI=1S/C25H34N6O/c1-3-29-12-14-31(15-13-29)25-22(17-26)21-9-11-30(18-20-7-5-4-6-8-20)19-23(21)24(28-25)27-10-16-32-2/h4-8H,3,9-16,18-19H2,1-2H3,(H,27,28). The maximum absolute atomic E-state index is 10.1. The fraction of sp³-hybridized carbons (Fsp3) is 0.520. The molecule has 0 bridgehead atoms. The van der Waals surface area contributed by atoms with Gasteiger partial charge in [-0.2, -0.15) is 5.26 Å². The van der Waals surface area contributed by atoms with E-state index < -0.39 is 0 Å². The normalized spacial score (nSPS) is 17.1. The lowest BCUT2D eigenvalue weighted by atomic mass is 9.94. The van der Waals surface area contributed by atoms with Gasteiger partial charge in [0.15, 0.2) is 0 Å². The minimum Gasteiger partial charge on any atom is -0.383 e. The topological polar surface area (TPSA) is 67.7 Å². The van der Waals surface area contributed by atoms with E-state index in [1.165, 1.54) is 11.1 Å². The quantitative estimate of drug-likeness (QED) is 0.641. The van der Waals surface area contributed by atoms with Crippen LogP contribution in [0.15, 0.2) is 30.3 Å². The molecule has 4 rings (SSSR count). The number of methoxy groups -OCH3 is 1. The molecule has 1 saturated heterocycles. The number of piperazine rings is 1. The third-order valence-corrected chi connectivity index (χ3v) is 6.53. The first-order valence-electron chi connectivity index (χ1n) is 11.7. The van der Waals surface area contributed by atoms with Gasteiger partial charge in [0, 0.05) is 65.0 Å². The summed E-state index contributed by atoms with van der Waals surface area (Å²) in [6.45, 7) is 11.1. The number of nitrogens with zero attached hydrogens (tertiary/aromatic N) is 5. The monoisotopic (exact) mass is 434 g/mol. The van der Waals surface area contributed by atoms with Gasteiger partial charge in [-0.3, -0.25) is 4.90 Å². The van der Waals surface area contributed by atoms with Crippen LogP contribution in [-0.2, 0) is 24.2 Å². The molecule has 1 aromatic carbocycles. The average Bonchev–Trinajstić information content (AvgIpc) is 2.84. The van der Waals surface area contributed by atoms with Crippen LogP contribution in [0.1, 0.15) is 29.2 Å². The molecule has 7 nitrogen and oxygen atoms in total. The van der Waals surface area contributed by atoms with Crippen LogP contribution in [0, 0.1) is 11.3 Å². The zero-order chi connectivity index (χ0) is 22.3. The summed E-state index contributed by atoms with van der Waals surface area (Å²) in [4.78, 5) is 12.2. The van der Waals surface area contributed by atoms with E-state index in [0.29, 0.717) is 13.2 Å². The van der Waals surface area contributed by atoms with E-state index in [1.807, 2.05) is 0 Å². The van der Waals surface area contributed by atoms with Gasteiger partial charge in [-0.1, -0.05) is 37.3 Å². The molecule has 2 aromatic rings. The fourth-order valence-electron chi connectivity index (χ4n) is 4.69. The minimum absolute atomic E-state index is 0.620. The number of fused-ring (bicyclic) bond motifs is 1. The number of hydrogen-bond acceptors (Lipinski definition) is 7. The maximum atomic E-state index is 10.1. The van der Waals surface area contributed by atoms with Crippen LogP contribution < -0.4 is 10.2 Å². The maximum Gasteiger partial charge on any atom is 0.149 e. The van der Waals surface area contributed by atoms with Crippen molar-refractivity contribution in [2.45, 2.75) is 26.4 Å². The highest BCUT2D eigenvalue weighted by molar-refractivity contribution is 5.67. The van der Waals surface area contributed by atoms with E-state index in [1.54, 1.807) is 7.11 Å². The van der Waals surface area contributed by atoms with Crippen molar-refractivity contribution in [2.75, 3.05) is 69.7 Å². The molecule has 0 amide bonds. The Morgan fingerprint density at radius 3 is 2.53 bits per heavy atom. The number of aromatic nitrogens is 1. The molecule has 32 heavy (non-hydrogen) atoms. The molecule has 0 atom stereocenters. The number of pyridine rings is 1. The van der Waals surface area contributed by atoms with E-state index in [9.17, 15) is 5.26 Å². The SMILES string of the molecule is CCN1CCN(c2nc(NCCOC)c3c(c2C#N)CCN(Cc2ccccc2)C3)CC1. The van der Waals surface area contributed by atoms with Crippen LogP contribution in [0.5, 0.6) is 0 Å². The van der Waals surface area contributed by atoms with E-state index in [-0.39, 0.29) is 0 Å². The Balaban J connectivity index is 1.63. The lowest BCUT2D eigenvalue weighted by Gasteiger charge is -2.37. The Hall–Kier alpha value is -2.66. The smallest absolute Gasteiger partial charge is 0.149 e. The summed E-state index contributed by atoms with van der Waals surface area (Å²) in [5.74, 6) is 1.75. The second-order valence-electron chi connectivity index (χ2n) is 8.52. The summed E-state index contributed by atoms with van der Waals surface area (Å²) >= 11 is 0. The van der Waals surface area contributed by atoms with Gasteiger partial charge in [0.25, 0.3) is 0 Å². The van der Waals surface area contributed by atoms with Gasteiger partial charge >= 0.3 is 0 Å². The summed E-state index contributed by atoms with van der Waals surface area (Å²) in [6.07, 6.45) is 0.870. The third-order valence-electron chi connectivity index (χ3n) is 6.53. The van der Waals surface area contributed by atoms with Gasteiger partial charge in [0.05, 0.1) is 12.2 Å². The van der Waals surface area contributed by atoms with Crippen molar-refractivity contribution < 1.29 is 4.74 Å². The highest BCUT2D eigenvalue weighted by Gasteiger charge is 2.28. The zero-order valence-corrected chi connectivity index (χ0v) is 19.3. The number of likely N-dealkylation sites (N-methyl/N-ethyl adjacent to an activating group) is 1. The first-order chi connectivity index (χ1) is 15.7. The predicted molar refractivity (Wildman–Crippen MR) is 128 cm³/mol. The van der Waals surface area contributed by atoms with Crippen molar-refractivity contribution in [3.63, 3.8) is 0 Å². The number of ether oxygens (including phenoxy) is 1. The minimum atomic E-state index is 0.620. The molecule has 1 fully saturated rings. The van der Waals surface area contributed by atoms with Crippen LogP contribution in [0.3, 0.4) is 0 Å². The molecule has 0 spiro atoms. The predicted octanol–water partition coefficient (Wildman–Crippen LogP) is 2.71. The van der Waals surface area contributed by atoms with E-state index >= 15 is 0 Å². The third kappa shape index (κ3) is 5.04. The highest BCUT2D eigenvalue weighted by Crippen LogP contribution is 2.34. The second-order valence-corrected chi connectivity index (χ2v) is 8.52. The average molecular weight is 435 g/mol. The Labute approximate surface area is 191 Å². The summed E-state index contributed by atoms with van der Waals surface area (Å²) in [6, 6.07) is 13.1. The molecule has 0 aliphatic carbocycles. The van der Waals surface area contributed by atoms with E-state index in [2.05, 4.69) is 63.3 Å². The van der Waals surface area contributed by atoms with Crippen molar-refractivity contribution in [1.82, 2.24) is 14.8 Å². The molecule has 2 aliphatic rings. The molecule has 170 valence electrons. The lowest BCUT2D eigenvalue weighted by Crippen LogP contribution is -2.47. The van der Waals surface area contributed by atoms with Gasteiger partial charge < -0.3 is 19.9 Å². The van der Waals surface area contributed by atoms with Crippen LogP contribution in [0.25, 0.3) is 0 Å². The van der Waals surface area contributed by atoms with Crippen molar-refractivity contribution in [1.29, 1.82) is 5.26 Å². The Kier molecular flexibility index (Phi) is 7.59. The van der Waals surface area contributed by atoms with Crippen molar-refractivity contribution in [2.24, 2.45) is 0 Å². The van der Waals surface area contributed by atoms with Gasteiger partial charge in [0.2, 0.25) is 0 Å². The molecule has 2 aliphatic heterocycles. The molecule has 1 N–H and O–H groups in total. The van der Waals surface area contributed by atoms with Gasteiger partial charge in [-0.25, -0.2) is 4.98 Å². The zero-order valence-electron chi connectivity index (χ0n) is 19.3. The van der Waals surface area contributed by atoms with Crippen LogP contribution in [0.4, 0.5) is 11.6 Å². The summed E-state index contributed by atoms with van der Waals surface area (Å²) in [5, 5.41) is 13.6. The van der Waals surface area contributed by atoms with E-state index in [0.717, 1.165) is 81.5 Å². The number of nitrogens with one attached hydrogen (secondary N) is 1. The fourth-order valence-corrected chi connectivity index (χ4v) is 4.69. The Morgan fingerprint density at radius 2 is 1.84 bits per heavy atom. The molecular weight excluding hydrogens is 400 g/mol. The summed E-state index contributed by atoms with van der Waals surface area (Å²) in [7, 11) is 1.71. The number of hydrogen-bond donors (Lipinski definition) is 1. The second kappa shape index (κ2) is 10.8. The first-order valence-corrected chi connectivity index (χ1v) is 11.7. The lowest BCUT2D eigenvalue weighted by molar-refractivity contribution is 0.210. The van der Waals surface area contributed by atoms with Crippen LogP contribution in [-0.4, -0.2) is 74.3 Å². The van der Waals surface area contributed by atoms with E-state index in [4.69, 9.17) is 9.72 Å². The number of rotatable bonds is 8. The molecule has 1 aromatic heterocycles. The Bertz CT molecular complexity index is 934. The molecule has 3 heterocycles. The molecule has 0 radical (unpaired) electrons. The number of nitriles is 1. The molecule has 0 unspecified atom stereocenters. The summed E-state index contributed by atoms with van der Waals surface area (Å²) in [5.41, 5.74) is 4.40.